The van der Waals surface area contributed by atoms with Crippen molar-refractivity contribution in [3.05, 3.63) is 23.8 Å². The Morgan fingerprint density at radius 1 is 1.47 bits per heavy atom. The highest BCUT2D eigenvalue weighted by Gasteiger charge is 2.37. The Labute approximate surface area is 102 Å². The van der Waals surface area contributed by atoms with Crippen LogP contribution in [0.5, 0.6) is 5.75 Å². The van der Waals surface area contributed by atoms with Gasteiger partial charge in [0.2, 0.25) is 0 Å². The molecule has 2 rings (SSSR count). The van der Waals surface area contributed by atoms with E-state index in [0.29, 0.717) is 6.54 Å². The second-order valence-electron chi connectivity index (χ2n) is 4.75. The van der Waals surface area contributed by atoms with Gasteiger partial charge in [-0.05, 0) is 24.6 Å². The van der Waals surface area contributed by atoms with Crippen LogP contribution in [0.3, 0.4) is 0 Å². The molecule has 1 aliphatic heterocycles. The smallest absolute Gasteiger partial charge is 0.141 e. The average Bonchev–Trinajstić information content (AvgIpc) is 2.28. The first kappa shape index (κ1) is 12.2. The molecule has 0 spiro atoms. The summed E-state index contributed by atoms with van der Waals surface area (Å²) in [4.78, 5) is 0. The first-order valence-electron chi connectivity index (χ1n) is 5.85. The van der Waals surface area contributed by atoms with Gasteiger partial charge in [-0.25, -0.2) is 0 Å². The topological polar surface area (TPSA) is 56.5 Å². The van der Waals surface area contributed by atoms with Crippen LogP contribution in [0.25, 0.3) is 0 Å². The molecular formula is C13H20N2O2. The lowest BCUT2D eigenvalue weighted by molar-refractivity contribution is -0.0979. The fraction of sp³-hybridized carbons (Fsp3) is 0.538. The van der Waals surface area contributed by atoms with E-state index in [1.807, 2.05) is 12.1 Å². The molecule has 1 aliphatic rings. The summed E-state index contributed by atoms with van der Waals surface area (Å²) in [6, 6.07) is 6.10. The molecular weight excluding hydrogens is 216 g/mol. The standard InChI is InChI=1S/C13H20N2O2/c1-10-3-4-12(16-2)11(5-10)15-7-13(6-14)8-17-9-13/h3-5,15H,6-9,14H2,1-2H3. The zero-order valence-electron chi connectivity index (χ0n) is 10.5. The quantitative estimate of drug-likeness (QED) is 0.811. The summed E-state index contributed by atoms with van der Waals surface area (Å²) >= 11 is 0. The minimum absolute atomic E-state index is 0.0920. The zero-order chi connectivity index (χ0) is 12.3. The van der Waals surface area contributed by atoms with E-state index in [1.165, 1.54) is 5.56 Å². The number of nitrogens with one attached hydrogen (secondary N) is 1. The second-order valence-corrected chi connectivity index (χ2v) is 4.75. The van der Waals surface area contributed by atoms with Crippen LogP contribution in [0.15, 0.2) is 18.2 Å². The van der Waals surface area contributed by atoms with Gasteiger partial charge in [-0.15, -0.1) is 0 Å². The summed E-state index contributed by atoms with van der Waals surface area (Å²) in [6.45, 7) is 5.02. The van der Waals surface area contributed by atoms with Gasteiger partial charge < -0.3 is 20.5 Å². The average molecular weight is 236 g/mol. The summed E-state index contributed by atoms with van der Waals surface area (Å²) in [5, 5.41) is 3.41. The normalized spacial score (nSPS) is 17.4. The SMILES string of the molecule is COc1ccc(C)cc1NCC1(CN)COC1. The van der Waals surface area contributed by atoms with Crippen molar-refractivity contribution in [2.75, 3.05) is 38.7 Å². The van der Waals surface area contributed by atoms with Crippen molar-refractivity contribution in [2.24, 2.45) is 11.1 Å². The molecule has 0 radical (unpaired) electrons. The van der Waals surface area contributed by atoms with E-state index in [9.17, 15) is 0 Å². The highest BCUT2D eigenvalue weighted by Crippen LogP contribution is 2.30. The van der Waals surface area contributed by atoms with E-state index in [-0.39, 0.29) is 5.41 Å². The minimum Gasteiger partial charge on any atom is -0.495 e. The van der Waals surface area contributed by atoms with Crippen LogP contribution >= 0.6 is 0 Å². The third-order valence-electron chi connectivity index (χ3n) is 3.26. The number of hydrogen-bond donors (Lipinski definition) is 2. The van der Waals surface area contributed by atoms with Gasteiger partial charge in [-0.2, -0.15) is 0 Å². The second kappa shape index (κ2) is 4.94. The van der Waals surface area contributed by atoms with E-state index in [2.05, 4.69) is 18.3 Å². The van der Waals surface area contributed by atoms with Gasteiger partial charge in [0.15, 0.2) is 0 Å². The molecule has 3 N–H and O–H groups in total. The largest absolute Gasteiger partial charge is 0.495 e. The molecule has 0 amide bonds. The molecule has 0 bridgehead atoms. The fourth-order valence-corrected chi connectivity index (χ4v) is 1.93. The summed E-state index contributed by atoms with van der Waals surface area (Å²) in [6.07, 6.45) is 0. The maximum atomic E-state index is 5.78. The number of rotatable bonds is 5. The van der Waals surface area contributed by atoms with Gasteiger partial charge in [0.25, 0.3) is 0 Å². The van der Waals surface area contributed by atoms with Gasteiger partial charge in [0.05, 0.1) is 26.0 Å². The van der Waals surface area contributed by atoms with E-state index >= 15 is 0 Å². The summed E-state index contributed by atoms with van der Waals surface area (Å²) in [5.74, 6) is 0.864. The molecule has 1 aromatic carbocycles. The maximum Gasteiger partial charge on any atom is 0.141 e. The Kier molecular flexibility index (Phi) is 3.54. The highest BCUT2D eigenvalue weighted by molar-refractivity contribution is 5.58. The molecule has 0 aliphatic carbocycles. The first-order chi connectivity index (χ1) is 8.19. The van der Waals surface area contributed by atoms with Gasteiger partial charge in [0.1, 0.15) is 5.75 Å². The monoisotopic (exact) mass is 236 g/mol. The number of anilines is 1. The molecule has 1 aromatic rings. The van der Waals surface area contributed by atoms with Gasteiger partial charge in [-0.3, -0.25) is 0 Å². The van der Waals surface area contributed by atoms with Crippen LogP contribution in [0.2, 0.25) is 0 Å². The molecule has 0 saturated carbocycles. The predicted octanol–water partition coefficient (Wildman–Crippen LogP) is 1.39. The van der Waals surface area contributed by atoms with Gasteiger partial charge in [0, 0.05) is 18.5 Å². The molecule has 0 unspecified atom stereocenters. The molecule has 1 heterocycles. The number of hydrogen-bond acceptors (Lipinski definition) is 4. The Morgan fingerprint density at radius 3 is 2.76 bits per heavy atom. The van der Waals surface area contributed by atoms with Crippen LogP contribution in [0.1, 0.15) is 5.56 Å². The lowest BCUT2D eigenvalue weighted by Gasteiger charge is -2.40. The highest BCUT2D eigenvalue weighted by atomic mass is 16.5. The van der Waals surface area contributed by atoms with Crippen LogP contribution in [0.4, 0.5) is 5.69 Å². The molecule has 1 saturated heterocycles. The zero-order valence-corrected chi connectivity index (χ0v) is 10.5. The molecule has 0 aromatic heterocycles. The Balaban J connectivity index is 2.05. The number of ether oxygens (including phenoxy) is 2. The summed E-state index contributed by atoms with van der Waals surface area (Å²) < 4.78 is 10.6. The van der Waals surface area contributed by atoms with Gasteiger partial charge >= 0.3 is 0 Å². The molecule has 17 heavy (non-hydrogen) atoms. The van der Waals surface area contributed by atoms with Crippen molar-refractivity contribution >= 4 is 5.69 Å². The Hall–Kier alpha value is -1.26. The van der Waals surface area contributed by atoms with Crippen LogP contribution < -0.4 is 15.8 Å². The number of nitrogens with two attached hydrogens (primary N) is 1. The number of aryl methyl sites for hydroxylation is 1. The van der Waals surface area contributed by atoms with Crippen LogP contribution in [0, 0.1) is 12.3 Å². The van der Waals surface area contributed by atoms with Crippen molar-refractivity contribution in [2.45, 2.75) is 6.92 Å². The third kappa shape index (κ3) is 2.53. The summed E-state index contributed by atoms with van der Waals surface area (Å²) in [5.41, 5.74) is 8.10. The molecule has 1 fully saturated rings. The minimum atomic E-state index is 0.0920. The van der Waals surface area contributed by atoms with Crippen molar-refractivity contribution in [3.8, 4) is 5.75 Å². The van der Waals surface area contributed by atoms with E-state index in [4.69, 9.17) is 15.2 Å². The van der Waals surface area contributed by atoms with E-state index in [0.717, 1.165) is 31.2 Å². The summed E-state index contributed by atoms with van der Waals surface area (Å²) in [7, 11) is 1.68. The van der Waals surface area contributed by atoms with E-state index < -0.39 is 0 Å². The van der Waals surface area contributed by atoms with Crippen molar-refractivity contribution in [1.82, 2.24) is 0 Å². The first-order valence-corrected chi connectivity index (χ1v) is 5.85. The fourth-order valence-electron chi connectivity index (χ4n) is 1.93. The van der Waals surface area contributed by atoms with Gasteiger partial charge in [-0.1, -0.05) is 6.07 Å². The lowest BCUT2D eigenvalue weighted by atomic mass is 9.86. The van der Waals surface area contributed by atoms with Crippen molar-refractivity contribution in [3.63, 3.8) is 0 Å². The molecule has 4 heteroatoms. The van der Waals surface area contributed by atoms with Crippen molar-refractivity contribution < 1.29 is 9.47 Å². The van der Waals surface area contributed by atoms with Crippen LogP contribution in [-0.4, -0.2) is 33.4 Å². The molecule has 0 atom stereocenters. The Morgan fingerprint density at radius 2 is 2.24 bits per heavy atom. The molecule has 4 nitrogen and oxygen atoms in total. The van der Waals surface area contributed by atoms with Crippen LogP contribution in [-0.2, 0) is 4.74 Å². The third-order valence-corrected chi connectivity index (χ3v) is 3.26. The lowest BCUT2D eigenvalue weighted by Crippen LogP contribution is -2.52. The maximum absolute atomic E-state index is 5.78. The molecule has 94 valence electrons. The number of methoxy groups -OCH3 is 1. The predicted molar refractivity (Wildman–Crippen MR) is 68.5 cm³/mol. The number of benzene rings is 1. The van der Waals surface area contributed by atoms with Crippen molar-refractivity contribution in [1.29, 1.82) is 0 Å². The Bertz CT molecular complexity index is 383. The van der Waals surface area contributed by atoms with E-state index in [1.54, 1.807) is 7.11 Å².